The van der Waals surface area contributed by atoms with Gasteiger partial charge in [-0.25, -0.2) is 4.98 Å². The van der Waals surface area contributed by atoms with Crippen LogP contribution in [0.5, 0.6) is 5.75 Å². The van der Waals surface area contributed by atoms with Gasteiger partial charge in [-0.3, -0.25) is 9.36 Å². The zero-order chi connectivity index (χ0) is 16.4. The van der Waals surface area contributed by atoms with Crippen LogP contribution < -0.4 is 5.56 Å². The summed E-state index contributed by atoms with van der Waals surface area (Å²) >= 11 is 7.73. The monoisotopic (exact) mass is 346 g/mol. The summed E-state index contributed by atoms with van der Waals surface area (Å²) in [5.41, 5.74) is 0.701. The molecule has 1 aromatic carbocycles. The number of halogens is 1. The van der Waals surface area contributed by atoms with Gasteiger partial charge in [0.15, 0.2) is 0 Å². The predicted molar refractivity (Wildman–Crippen MR) is 93.4 cm³/mol. The van der Waals surface area contributed by atoms with Gasteiger partial charge in [-0.2, -0.15) is 0 Å². The average molecular weight is 347 g/mol. The second-order valence-electron chi connectivity index (χ2n) is 5.14. The molecule has 2 aromatic heterocycles. The number of thiophene rings is 1. The summed E-state index contributed by atoms with van der Waals surface area (Å²) in [7, 11) is 0. The van der Waals surface area contributed by atoms with Crippen molar-refractivity contribution in [2.24, 2.45) is 0 Å². The van der Waals surface area contributed by atoms with Gasteiger partial charge in [-0.1, -0.05) is 29.8 Å². The van der Waals surface area contributed by atoms with Crippen LogP contribution in [0.25, 0.3) is 11.4 Å². The highest BCUT2D eigenvalue weighted by atomic mass is 35.5. The van der Waals surface area contributed by atoms with Crippen molar-refractivity contribution in [3.63, 3.8) is 0 Å². The summed E-state index contributed by atoms with van der Waals surface area (Å²) in [5, 5.41) is 12.2. The summed E-state index contributed by atoms with van der Waals surface area (Å²) < 4.78 is 1.53. The molecule has 0 spiro atoms. The van der Waals surface area contributed by atoms with Gasteiger partial charge in [0.05, 0.1) is 11.3 Å². The van der Waals surface area contributed by atoms with Crippen LogP contribution in [0, 0.1) is 6.92 Å². The van der Waals surface area contributed by atoms with Crippen molar-refractivity contribution in [1.29, 1.82) is 0 Å². The summed E-state index contributed by atoms with van der Waals surface area (Å²) in [5.74, 6) is 0.526. The van der Waals surface area contributed by atoms with Crippen LogP contribution >= 0.6 is 22.9 Å². The third-order valence-corrected chi connectivity index (χ3v) is 4.96. The van der Waals surface area contributed by atoms with E-state index in [0.717, 1.165) is 0 Å². The van der Waals surface area contributed by atoms with Crippen molar-refractivity contribution in [2.45, 2.75) is 19.9 Å². The highest BCUT2D eigenvalue weighted by Gasteiger charge is 2.16. The highest BCUT2D eigenvalue weighted by Crippen LogP contribution is 2.27. The Morgan fingerprint density at radius 1 is 1.26 bits per heavy atom. The molecule has 0 saturated carbocycles. The Morgan fingerprint density at radius 2 is 2.04 bits per heavy atom. The zero-order valence-corrected chi connectivity index (χ0v) is 14.1. The Labute approximate surface area is 142 Å². The summed E-state index contributed by atoms with van der Waals surface area (Å²) in [6, 6.07) is 10.9. The molecule has 3 rings (SSSR count). The number of benzene rings is 1. The molecule has 4 nitrogen and oxygen atoms in total. The first kappa shape index (κ1) is 15.8. The molecule has 1 N–H and O–H groups in total. The molecule has 0 aliphatic rings. The van der Waals surface area contributed by atoms with Crippen LogP contribution in [0.1, 0.15) is 10.6 Å². The van der Waals surface area contributed by atoms with E-state index in [1.54, 1.807) is 42.5 Å². The SMILES string of the molecule is Cc1nc(-c2ccccc2O)n(CCc2cccs2)c(=O)c1Cl. The van der Waals surface area contributed by atoms with Crippen LogP contribution in [-0.4, -0.2) is 14.7 Å². The summed E-state index contributed by atoms with van der Waals surface area (Å²) in [4.78, 5) is 18.2. The molecule has 118 valence electrons. The molecule has 0 radical (unpaired) electrons. The van der Waals surface area contributed by atoms with E-state index < -0.39 is 0 Å². The maximum absolute atomic E-state index is 12.6. The zero-order valence-electron chi connectivity index (χ0n) is 12.5. The molecule has 0 atom stereocenters. The first-order chi connectivity index (χ1) is 11.1. The van der Waals surface area contributed by atoms with E-state index >= 15 is 0 Å². The predicted octanol–water partition coefficient (Wildman–Crippen LogP) is 3.88. The molecule has 0 amide bonds. The molecule has 3 aromatic rings. The normalized spacial score (nSPS) is 10.9. The smallest absolute Gasteiger partial charge is 0.272 e. The van der Waals surface area contributed by atoms with Crippen LogP contribution in [0.15, 0.2) is 46.6 Å². The molecule has 0 saturated heterocycles. The second-order valence-corrected chi connectivity index (χ2v) is 6.55. The maximum Gasteiger partial charge on any atom is 0.272 e. The molecular formula is C17H15ClN2O2S. The highest BCUT2D eigenvalue weighted by molar-refractivity contribution is 7.09. The lowest BCUT2D eigenvalue weighted by Crippen LogP contribution is -2.25. The van der Waals surface area contributed by atoms with E-state index in [1.807, 2.05) is 17.5 Å². The molecule has 0 unspecified atom stereocenters. The molecule has 0 bridgehead atoms. The van der Waals surface area contributed by atoms with Crippen LogP contribution in [0.4, 0.5) is 0 Å². The largest absolute Gasteiger partial charge is 0.507 e. The Balaban J connectivity index is 2.11. The fourth-order valence-electron chi connectivity index (χ4n) is 2.39. The fraction of sp³-hybridized carbons (Fsp3) is 0.176. The number of nitrogens with zero attached hydrogens (tertiary/aromatic N) is 2. The topological polar surface area (TPSA) is 55.1 Å². The van der Waals surface area contributed by atoms with E-state index in [4.69, 9.17) is 11.6 Å². The van der Waals surface area contributed by atoms with E-state index in [0.29, 0.717) is 30.0 Å². The Bertz CT molecular complexity index is 888. The van der Waals surface area contributed by atoms with Crippen molar-refractivity contribution in [3.8, 4) is 17.1 Å². The van der Waals surface area contributed by atoms with Gasteiger partial charge in [0.2, 0.25) is 0 Å². The van der Waals surface area contributed by atoms with Gasteiger partial charge in [0, 0.05) is 11.4 Å². The molecule has 0 aliphatic heterocycles. The van der Waals surface area contributed by atoms with Crippen molar-refractivity contribution < 1.29 is 5.11 Å². The Morgan fingerprint density at radius 3 is 2.74 bits per heavy atom. The molecule has 23 heavy (non-hydrogen) atoms. The number of rotatable bonds is 4. The van der Waals surface area contributed by atoms with Crippen LogP contribution in [-0.2, 0) is 13.0 Å². The second kappa shape index (κ2) is 6.56. The van der Waals surface area contributed by atoms with Crippen LogP contribution in [0.3, 0.4) is 0 Å². The molecule has 0 aliphatic carbocycles. The van der Waals surface area contributed by atoms with Crippen molar-refractivity contribution >= 4 is 22.9 Å². The number of hydrogen-bond acceptors (Lipinski definition) is 4. The Kier molecular flexibility index (Phi) is 4.50. The van der Waals surface area contributed by atoms with E-state index in [1.165, 1.54) is 9.44 Å². The quantitative estimate of drug-likeness (QED) is 0.780. The van der Waals surface area contributed by atoms with Gasteiger partial charge >= 0.3 is 0 Å². The van der Waals surface area contributed by atoms with Crippen molar-refractivity contribution in [3.05, 3.63) is 67.7 Å². The minimum absolute atomic E-state index is 0.0889. The van der Waals surface area contributed by atoms with Gasteiger partial charge in [0.1, 0.15) is 16.6 Å². The average Bonchev–Trinajstić information content (AvgIpc) is 3.05. The number of phenols is 1. The van der Waals surface area contributed by atoms with E-state index in [2.05, 4.69) is 4.98 Å². The van der Waals surface area contributed by atoms with Gasteiger partial charge in [-0.15, -0.1) is 11.3 Å². The number of para-hydroxylation sites is 1. The lowest BCUT2D eigenvalue weighted by molar-refractivity contribution is 0.476. The minimum Gasteiger partial charge on any atom is -0.507 e. The third-order valence-electron chi connectivity index (χ3n) is 3.59. The first-order valence-corrected chi connectivity index (χ1v) is 8.41. The molecule has 6 heteroatoms. The number of phenolic OH excluding ortho intramolecular Hbond substituents is 1. The van der Waals surface area contributed by atoms with Crippen LogP contribution in [0.2, 0.25) is 5.02 Å². The lowest BCUT2D eigenvalue weighted by atomic mass is 10.1. The summed E-state index contributed by atoms with van der Waals surface area (Å²) in [6.07, 6.45) is 0.708. The first-order valence-electron chi connectivity index (χ1n) is 7.15. The van der Waals surface area contributed by atoms with Crippen molar-refractivity contribution in [1.82, 2.24) is 9.55 Å². The number of aryl methyl sites for hydroxylation is 2. The summed E-state index contributed by atoms with van der Waals surface area (Å²) in [6.45, 7) is 2.15. The maximum atomic E-state index is 12.6. The van der Waals surface area contributed by atoms with E-state index in [9.17, 15) is 9.90 Å². The lowest BCUT2D eigenvalue weighted by Gasteiger charge is -2.14. The van der Waals surface area contributed by atoms with Gasteiger partial charge < -0.3 is 5.11 Å². The minimum atomic E-state index is -0.283. The fourth-order valence-corrected chi connectivity index (χ4v) is 3.23. The van der Waals surface area contributed by atoms with E-state index in [-0.39, 0.29) is 16.3 Å². The standard InChI is InChI=1S/C17H15ClN2O2S/c1-11-15(18)17(22)20(9-8-12-5-4-10-23-12)16(19-11)13-6-2-3-7-14(13)21/h2-7,10,21H,8-9H2,1H3. The number of aromatic hydroxyl groups is 1. The van der Waals surface area contributed by atoms with Crippen molar-refractivity contribution in [2.75, 3.05) is 0 Å². The molecular weight excluding hydrogens is 332 g/mol. The van der Waals surface area contributed by atoms with Gasteiger partial charge in [-0.05, 0) is 36.9 Å². The molecule has 2 heterocycles. The number of hydrogen-bond donors (Lipinski definition) is 1. The Hall–Kier alpha value is -2.11. The number of aromatic nitrogens is 2. The third kappa shape index (κ3) is 3.16. The molecule has 0 fully saturated rings. The van der Waals surface area contributed by atoms with Gasteiger partial charge in [0.25, 0.3) is 5.56 Å².